The van der Waals surface area contributed by atoms with Gasteiger partial charge in [0.25, 0.3) is 0 Å². The molecular weight excluding hydrogens is 396 g/mol. The molecule has 2 rings (SSSR count). The normalized spacial score (nSPS) is 42.4. The van der Waals surface area contributed by atoms with Crippen molar-refractivity contribution < 1.29 is 55.1 Å². The highest BCUT2D eigenvalue weighted by molar-refractivity contribution is 4.98. The minimum Gasteiger partial charge on any atom is -0.394 e. The van der Waals surface area contributed by atoms with Crippen LogP contribution in [0.3, 0.4) is 0 Å². The maximum atomic E-state index is 10.00. The van der Waals surface area contributed by atoms with E-state index in [0.717, 1.165) is 25.9 Å². The van der Waals surface area contributed by atoms with E-state index in [2.05, 4.69) is 0 Å². The van der Waals surface area contributed by atoms with Crippen molar-refractivity contribution in [1.29, 1.82) is 0 Å². The Bertz CT molecular complexity index is 457. The topological polar surface area (TPSA) is 242 Å². The van der Waals surface area contributed by atoms with Crippen LogP contribution in [0.1, 0.15) is 12.8 Å². The van der Waals surface area contributed by atoms with Gasteiger partial charge < -0.3 is 66.5 Å². The van der Waals surface area contributed by atoms with E-state index in [1.54, 1.807) is 0 Å². The van der Waals surface area contributed by atoms with E-state index in [4.69, 9.17) is 35.9 Å². The molecule has 2 aliphatic heterocycles. The molecule has 2 heterocycles. The smallest absolute Gasteiger partial charge is 0.224 e. The molecule has 0 saturated carbocycles. The minimum atomic E-state index is -2.22. The first-order chi connectivity index (χ1) is 13.7. The standard InChI is InChI=1S/C12H22O11.C4H12N2/c13-1-4-6(16)8(18)9(19)11(21-4)23-12(3-15)10(20)7(17)5(2-14)22-12;5-3-1-2-4-6/h4-11,13-20H,1-3H2;1-6H2/t4-,5-,6-,7-,8+,9-,10+,11-,12+;/m1./s1. The van der Waals surface area contributed by atoms with E-state index in [9.17, 15) is 30.6 Å². The molecule has 29 heavy (non-hydrogen) atoms. The van der Waals surface area contributed by atoms with E-state index < -0.39 is 74.6 Å². The van der Waals surface area contributed by atoms with Gasteiger partial charge in [-0.3, -0.25) is 0 Å². The van der Waals surface area contributed by atoms with E-state index >= 15 is 0 Å². The lowest BCUT2D eigenvalue weighted by Gasteiger charge is -2.43. The number of aliphatic hydroxyl groups excluding tert-OH is 8. The lowest BCUT2D eigenvalue weighted by Crippen LogP contribution is -2.62. The van der Waals surface area contributed by atoms with Crippen molar-refractivity contribution in [3.05, 3.63) is 0 Å². The zero-order valence-corrected chi connectivity index (χ0v) is 16.0. The lowest BCUT2D eigenvalue weighted by molar-refractivity contribution is -0.383. The Morgan fingerprint density at radius 3 is 1.72 bits per heavy atom. The van der Waals surface area contributed by atoms with Gasteiger partial charge in [-0.05, 0) is 25.9 Å². The van der Waals surface area contributed by atoms with Crippen LogP contribution < -0.4 is 11.5 Å². The van der Waals surface area contributed by atoms with Crippen molar-refractivity contribution in [3.63, 3.8) is 0 Å². The average Bonchev–Trinajstić information content (AvgIpc) is 2.98. The molecule has 2 aliphatic rings. The molecule has 0 amide bonds. The molecule has 0 spiro atoms. The molecule has 0 aromatic heterocycles. The monoisotopic (exact) mass is 430 g/mol. The van der Waals surface area contributed by atoms with Crippen LogP contribution in [-0.4, -0.2) is 129 Å². The summed E-state index contributed by atoms with van der Waals surface area (Å²) in [6, 6.07) is 0. The van der Waals surface area contributed by atoms with Gasteiger partial charge >= 0.3 is 0 Å². The second kappa shape index (κ2) is 12.4. The summed E-state index contributed by atoms with van der Waals surface area (Å²) in [5.74, 6) is -2.22. The predicted molar refractivity (Wildman–Crippen MR) is 96.0 cm³/mol. The second-order valence-corrected chi connectivity index (χ2v) is 6.84. The Morgan fingerprint density at radius 2 is 1.31 bits per heavy atom. The van der Waals surface area contributed by atoms with E-state index in [1.165, 1.54) is 0 Å². The quantitative estimate of drug-likeness (QED) is 0.162. The van der Waals surface area contributed by atoms with Gasteiger partial charge in [0.2, 0.25) is 5.79 Å². The third kappa shape index (κ3) is 6.24. The lowest BCUT2D eigenvalue weighted by atomic mass is 9.99. The average molecular weight is 430 g/mol. The Labute approximate surface area is 168 Å². The Kier molecular flexibility index (Phi) is 11.3. The van der Waals surface area contributed by atoms with Crippen molar-refractivity contribution in [1.82, 2.24) is 0 Å². The molecule has 0 unspecified atom stereocenters. The van der Waals surface area contributed by atoms with Gasteiger partial charge in [0.15, 0.2) is 6.29 Å². The van der Waals surface area contributed by atoms with Crippen LogP contribution in [-0.2, 0) is 14.2 Å². The van der Waals surface area contributed by atoms with E-state index in [1.807, 2.05) is 0 Å². The number of hydrogen-bond donors (Lipinski definition) is 10. The summed E-state index contributed by atoms with van der Waals surface area (Å²) in [5, 5.41) is 76.7. The van der Waals surface area contributed by atoms with Gasteiger partial charge in [0.1, 0.15) is 49.3 Å². The maximum absolute atomic E-state index is 10.00. The van der Waals surface area contributed by atoms with Crippen molar-refractivity contribution in [2.75, 3.05) is 32.9 Å². The number of ether oxygens (including phenoxy) is 3. The fourth-order valence-electron chi connectivity index (χ4n) is 2.92. The number of rotatable bonds is 8. The Morgan fingerprint density at radius 1 is 0.759 bits per heavy atom. The number of aliphatic hydroxyl groups is 8. The fraction of sp³-hybridized carbons (Fsp3) is 1.00. The summed E-state index contributed by atoms with van der Waals surface area (Å²) in [7, 11) is 0. The van der Waals surface area contributed by atoms with Gasteiger partial charge in [-0.2, -0.15) is 0 Å². The molecule has 9 atom stereocenters. The SMILES string of the molecule is NCCCCN.OC[C@H]1O[C@@](CO)(O[C@H]2O[C@H](CO)[C@@H](O)[C@H](O)[C@H]2O)[C@@H](O)[C@@H]1O. The molecule has 174 valence electrons. The first kappa shape index (κ1) is 26.5. The van der Waals surface area contributed by atoms with Crippen LogP contribution >= 0.6 is 0 Å². The van der Waals surface area contributed by atoms with Crippen molar-refractivity contribution in [3.8, 4) is 0 Å². The van der Waals surface area contributed by atoms with Gasteiger partial charge in [-0.1, -0.05) is 0 Å². The van der Waals surface area contributed by atoms with Crippen molar-refractivity contribution in [2.24, 2.45) is 11.5 Å². The van der Waals surface area contributed by atoms with Crippen LogP contribution in [0.2, 0.25) is 0 Å². The van der Waals surface area contributed by atoms with Crippen LogP contribution in [0.4, 0.5) is 0 Å². The highest BCUT2D eigenvalue weighted by atomic mass is 16.8. The van der Waals surface area contributed by atoms with Gasteiger partial charge in [0, 0.05) is 0 Å². The molecule has 12 N–H and O–H groups in total. The summed E-state index contributed by atoms with van der Waals surface area (Å²) in [6.07, 6.45) is -10.5. The third-order valence-electron chi connectivity index (χ3n) is 4.73. The van der Waals surface area contributed by atoms with Crippen LogP contribution in [0.15, 0.2) is 0 Å². The van der Waals surface area contributed by atoms with E-state index in [0.29, 0.717) is 0 Å². The maximum Gasteiger partial charge on any atom is 0.224 e. The van der Waals surface area contributed by atoms with Crippen molar-refractivity contribution >= 4 is 0 Å². The molecule has 0 aromatic rings. The molecule has 13 heteroatoms. The molecule has 0 bridgehead atoms. The number of unbranched alkanes of at least 4 members (excludes halogenated alkanes) is 1. The summed E-state index contributed by atoms with van der Waals surface area (Å²) >= 11 is 0. The first-order valence-corrected chi connectivity index (χ1v) is 9.37. The molecule has 13 nitrogen and oxygen atoms in total. The first-order valence-electron chi connectivity index (χ1n) is 9.37. The van der Waals surface area contributed by atoms with E-state index in [-0.39, 0.29) is 0 Å². The molecular formula is C16H34N2O11. The third-order valence-corrected chi connectivity index (χ3v) is 4.73. The van der Waals surface area contributed by atoms with Gasteiger partial charge in [0.05, 0.1) is 13.2 Å². The summed E-state index contributed by atoms with van der Waals surface area (Å²) in [5.41, 5.74) is 10.3. The zero-order valence-electron chi connectivity index (χ0n) is 16.0. The predicted octanol–water partition coefficient (Wildman–Crippen LogP) is -5.71. The molecule has 0 aromatic carbocycles. The largest absolute Gasteiger partial charge is 0.394 e. The minimum absolute atomic E-state index is 0.669. The Balaban J connectivity index is 0.000000612. The van der Waals surface area contributed by atoms with Gasteiger partial charge in [-0.25, -0.2) is 0 Å². The fourth-order valence-corrected chi connectivity index (χ4v) is 2.92. The van der Waals surface area contributed by atoms with Crippen LogP contribution in [0, 0.1) is 0 Å². The summed E-state index contributed by atoms with van der Waals surface area (Å²) in [4.78, 5) is 0. The molecule has 2 fully saturated rings. The molecule has 0 radical (unpaired) electrons. The molecule has 2 saturated heterocycles. The van der Waals surface area contributed by atoms with Crippen LogP contribution in [0.25, 0.3) is 0 Å². The Hall–Kier alpha value is -0.520. The number of hydrogen-bond acceptors (Lipinski definition) is 13. The van der Waals surface area contributed by atoms with Gasteiger partial charge in [-0.15, -0.1) is 0 Å². The number of nitrogens with two attached hydrogens (primary N) is 2. The summed E-state index contributed by atoms with van der Waals surface area (Å²) in [6.45, 7) is -0.772. The highest BCUT2D eigenvalue weighted by Crippen LogP contribution is 2.35. The summed E-state index contributed by atoms with van der Waals surface area (Å²) < 4.78 is 15.4. The second-order valence-electron chi connectivity index (χ2n) is 6.84. The zero-order chi connectivity index (χ0) is 22.2. The van der Waals surface area contributed by atoms with Crippen molar-refractivity contribution in [2.45, 2.75) is 67.6 Å². The molecule has 0 aliphatic carbocycles. The van der Waals surface area contributed by atoms with Crippen LogP contribution in [0.5, 0.6) is 0 Å². The highest BCUT2D eigenvalue weighted by Gasteiger charge is 2.58.